The van der Waals surface area contributed by atoms with Crippen LogP contribution in [0.4, 0.5) is 0 Å². The van der Waals surface area contributed by atoms with Gasteiger partial charge in [-0.25, -0.2) is 0 Å². The Morgan fingerprint density at radius 2 is 1.60 bits per heavy atom. The van der Waals surface area contributed by atoms with E-state index in [9.17, 15) is 14.7 Å². The van der Waals surface area contributed by atoms with Crippen molar-refractivity contribution in [2.75, 3.05) is 0 Å². The zero-order valence-electron chi connectivity index (χ0n) is 10.9. The normalized spacial score (nSPS) is 11.7. The van der Waals surface area contributed by atoms with Crippen molar-refractivity contribution in [1.82, 2.24) is 0 Å². The Bertz CT molecular complexity index is 602. The molecule has 0 heterocycles. The molecule has 4 nitrogen and oxygen atoms in total. The van der Waals surface area contributed by atoms with Crippen molar-refractivity contribution in [3.8, 4) is 5.75 Å². The fourth-order valence-corrected chi connectivity index (χ4v) is 1.81. The lowest BCUT2D eigenvalue weighted by Crippen LogP contribution is -2.25. The van der Waals surface area contributed by atoms with E-state index in [2.05, 4.69) is 0 Å². The minimum atomic E-state index is -1.32. The van der Waals surface area contributed by atoms with Crippen molar-refractivity contribution in [1.29, 1.82) is 0 Å². The second-order valence-electron chi connectivity index (χ2n) is 4.42. The number of carbonyl (C=O) groups is 2. The van der Waals surface area contributed by atoms with Crippen LogP contribution < -0.4 is 4.74 Å². The Hall–Kier alpha value is -2.62. The lowest BCUT2D eigenvalue weighted by molar-refractivity contribution is -0.148. The minimum absolute atomic E-state index is 0.336. The van der Waals surface area contributed by atoms with Crippen molar-refractivity contribution in [2.45, 2.75) is 12.8 Å². The second kappa shape index (κ2) is 6.02. The van der Waals surface area contributed by atoms with Crippen LogP contribution >= 0.6 is 0 Å². The molecule has 1 atom stereocenters. The number of benzene rings is 2. The van der Waals surface area contributed by atoms with E-state index in [1.807, 2.05) is 6.92 Å². The highest BCUT2D eigenvalue weighted by Crippen LogP contribution is 2.20. The molecule has 0 bridgehead atoms. The quantitative estimate of drug-likeness (QED) is 0.527. The molecule has 2 aromatic rings. The van der Waals surface area contributed by atoms with Gasteiger partial charge in [-0.15, -0.1) is 0 Å². The van der Waals surface area contributed by atoms with Crippen LogP contribution in [0.25, 0.3) is 0 Å². The number of hydrogen-bond donors (Lipinski definition) is 1. The van der Waals surface area contributed by atoms with E-state index in [-0.39, 0.29) is 0 Å². The first-order valence-corrected chi connectivity index (χ1v) is 6.14. The van der Waals surface area contributed by atoms with E-state index in [0.717, 1.165) is 5.56 Å². The summed E-state index contributed by atoms with van der Waals surface area (Å²) < 4.78 is 5.13. The number of carbonyl (C=O) groups excluding carboxylic acids is 1. The summed E-state index contributed by atoms with van der Waals surface area (Å²) in [6.07, 6.45) is 0. The maximum atomic E-state index is 12.0. The van der Waals surface area contributed by atoms with Gasteiger partial charge >= 0.3 is 11.9 Å². The Morgan fingerprint density at radius 3 is 2.15 bits per heavy atom. The summed E-state index contributed by atoms with van der Waals surface area (Å²) in [6.45, 7) is 1.91. The molecule has 0 aliphatic rings. The zero-order valence-corrected chi connectivity index (χ0v) is 10.9. The Balaban J connectivity index is 2.20. The van der Waals surface area contributed by atoms with Crippen LogP contribution in [0, 0.1) is 6.92 Å². The highest BCUT2D eigenvalue weighted by Gasteiger charge is 2.30. The van der Waals surface area contributed by atoms with Gasteiger partial charge in [-0.1, -0.05) is 48.0 Å². The topological polar surface area (TPSA) is 63.6 Å². The number of aryl methyl sites for hydroxylation is 1. The molecular formula is C16H14O4. The van der Waals surface area contributed by atoms with Gasteiger partial charge in [0.25, 0.3) is 0 Å². The fourth-order valence-electron chi connectivity index (χ4n) is 1.81. The SMILES string of the molecule is Cc1ccc(OC(=O)[C@@H](C(=O)O)c2ccccc2)cc1. The summed E-state index contributed by atoms with van der Waals surface area (Å²) in [5.74, 6) is -3.01. The van der Waals surface area contributed by atoms with Crippen LogP contribution in [-0.2, 0) is 9.59 Å². The van der Waals surface area contributed by atoms with Crippen molar-refractivity contribution < 1.29 is 19.4 Å². The summed E-state index contributed by atoms with van der Waals surface area (Å²) >= 11 is 0. The third-order valence-corrected chi connectivity index (χ3v) is 2.85. The summed E-state index contributed by atoms with van der Waals surface area (Å²) in [4.78, 5) is 23.3. The lowest BCUT2D eigenvalue weighted by Gasteiger charge is -2.12. The molecule has 0 amide bonds. The molecule has 20 heavy (non-hydrogen) atoms. The lowest BCUT2D eigenvalue weighted by atomic mass is 10.00. The summed E-state index contributed by atoms with van der Waals surface area (Å²) in [7, 11) is 0. The number of esters is 1. The molecule has 1 N–H and O–H groups in total. The smallest absolute Gasteiger partial charge is 0.330 e. The minimum Gasteiger partial charge on any atom is -0.480 e. The third-order valence-electron chi connectivity index (χ3n) is 2.85. The Morgan fingerprint density at radius 1 is 1.00 bits per heavy atom. The van der Waals surface area contributed by atoms with Gasteiger partial charge < -0.3 is 9.84 Å². The van der Waals surface area contributed by atoms with Gasteiger partial charge in [-0.3, -0.25) is 9.59 Å². The van der Waals surface area contributed by atoms with E-state index in [0.29, 0.717) is 11.3 Å². The standard InChI is InChI=1S/C16H14O4/c1-11-7-9-13(10-8-11)20-16(19)14(15(17)18)12-5-3-2-4-6-12/h2-10,14H,1H3,(H,17,18)/t14-/m1/s1. The maximum absolute atomic E-state index is 12.0. The maximum Gasteiger partial charge on any atom is 0.330 e. The molecule has 0 saturated carbocycles. The van der Waals surface area contributed by atoms with Gasteiger partial charge in [0.1, 0.15) is 5.75 Å². The summed E-state index contributed by atoms with van der Waals surface area (Å²) in [5, 5.41) is 9.22. The number of carboxylic acid groups (broad SMARTS) is 1. The largest absolute Gasteiger partial charge is 0.480 e. The second-order valence-corrected chi connectivity index (χ2v) is 4.42. The summed E-state index contributed by atoms with van der Waals surface area (Å²) in [5.41, 5.74) is 1.43. The average Bonchev–Trinajstić information content (AvgIpc) is 2.42. The number of rotatable bonds is 4. The number of aliphatic carboxylic acids is 1. The van der Waals surface area contributed by atoms with Crippen LogP contribution in [-0.4, -0.2) is 17.0 Å². The molecule has 0 radical (unpaired) electrons. The van der Waals surface area contributed by atoms with Crippen molar-refractivity contribution in [3.05, 3.63) is 65.7 Å². The molecule has 0 unspecified atom stereocenters. The van der Waals surface area contributed by atoms with Gasteiger partial charge in [0.2, 0.25) is 0 Å². The van der Waals surface area contributed by atoms with E-state index < -0.39 is 17.9 Å². The van der Waals surface area contributed by atoms with Gasteiger partial charge in [0.05, 0.1) is 0 Å². The highest BCUT2D eigenvalue weighted by atomic mass is 16.5. The van der Waals surface area contributed by atoms with Crippen LogP contribution in [0.15, 0.2) is 54.6 Å². The molecule has 0 aliphatic carbocycles. The average molecular weight is 270 g/mol. The fraction of sp³-hybridized carbons (Fsp3) is 0.125. The molecule has 0 fully saturated rings. The molecule has 0 spiro atoms. The zero-order chi connectivity index (χ0) is 14.5. The van der Waals surface area contributed by atoms with Crippen molar-refractivity contribution in [2.24, 2.45) is 0 Å². The molecule has 4 heteroatoms. The van der Waals surface area contributed by atoms with Crippen molar-refractivity contribution >= 4 is 11.9 Å². The molecule has 0 aromatic heterocycles. The number of hydrogen-bond acceptors (Lipinski definition) is 3. The molecule has 2 aromatic carbocycles. The van der Waals surface area contributed by atoms with Gasteiger partial charge in [0.15, 0.2) is 5.92 Å². The molecule has 0 saturated heterocycles. The van der Waals surface area contributed by atoms with E-state index in [1.165, 1.54) is 0 Å². The number of carboxylic acids is 1. The van der Waals surface area contributed by atoms with Crippen LogP contribution in [0.5, 0.6) is 5.75 Å². The van der Waals surface area contributed by atoms with Gasteiger partial charge in [0, 0.05) is 0 Å². The van der Waals surface area contributed by atoms with Gasteiger partial charge in [-0.2, -0.15) is 0 Å². The van der Waals surface area contributed by atoms with E-state index >= 15 is 0 Å². The molecule has 0 aliphatic heterocycles. The van der Waals surface area contributed by atoms with E-state index in [1.54, 1.807) is 54.6 Å². The summed E-state index contributed by atoms with van der Waals surface area (Å²) in [6, 6.07) is 15.2. The first-order valence-electron chi connectivity index (χ1n) is 6.14. The predicted molar refractivity (Wildman–Crippen MR) is 73.6 cm³/mol. The van der Waals surface area contributed by atoms with Crippen molar-refractivity contribution in [3.63, 3.8) is 0 Å². The predicted octanol–water partition coefficient (Wildman–Crippen LogP) is 2.77. The monoisotopic (exact) mass is 270 g/mol. The van der Waals surface area contributed by atoms with E-state index in [4.69, 9.17) is 4.74 Å². The Kier molecular flexibility index (Phi) is 4.15. The molecular weight excluding hydrogens is 256 g/mol. The first kappa shape index (κ1) is 13.8. The Labute approximate surface area is 116 Å². The van der Waals surface area contributed by atoms with Crippen LogP contribution in [0.2, 0.25) is 0 Å². The molecule has 2 rings (SSSR count). The van der Waals surface area contributed by atoms with Crippen LogP contribution in [0.3, 0.4) is 0 Å². The number of ether oxygens (including phenoxy) is 1. The molecule has 102 valence electrons. The highest BCUT2D eigenvalue weighted by molar-refractivity contribution is 6.00. The van der Waals surface area contributed by atoms with Crippen LogP contribution in [0.1, 0.15) is 17.0 Å². The third kappa shape index (κ3) is 3.23. The first-order chi connectivity index (χ1) is 9.58. The van der Waals surface area contributed by atoms with Gasteiger partial charge in [-0.05, 0) is 24.6 Å².